The number of hydrogen-bond donors (Lipinski definition) is 1. The molecule has 3 rings (SSSR count). The number of hydrogen-bond acceptors (Lipinski definition) is 2. The Morgan fingerprint density at radius 1 is 1.19 bits per heavy atom. The number of nitrogens with zero attached hydrogens (tertiary/aromatic N) is 2. The zero-order valence-electron chi connectivity index (χ0n) is 13.1. The Hall–Kier alpha value is -1.77. The fourth-order valence-electron chi connectivity index (χ4n) is 3.55. The maximum absolute atomic E-state index is 6.31. The van der Waals surface area contributed by atoms with Crippen molar-refractivity contribution in [2.24, 2.45) is 13.0 Å². The molecule has 3 nitrogen and oxygen atoms in total. The SMILES string of the molecule is Cc1ccccc1-c1c(CC2CCCCC2)nn(C)c1N. The number of aromatic nitrogens is 2. The van der Waals surface area contributed by atoms with Gasteiger partial charge < -0.3 is 5.73 Å². The summed E-state index contributed by atoms with van der Waals surface area (Å²) in [7, 11) is 1.95. The van der Waals surface area contributed by atoms with Crippen LogP contribution < -0.4 is 5.73 Å². The van der Waals surface area contributed by atoms with Gasteiger partial charge in [0.15, 0.2) is 0 Å². The molecule has 0 radical (unpaired) electrons. The van der Waals surface area contributed by atoms with E-state index >= 15 is 0 Å². The molecule has 1 aliphatic carbocycles. The molecule has 1 aromatic heterocycles. The van der Waals surface area contributed by atoms with Gasteiger partial charge in [0.2, 0.25) is 0 Å². The quantitative estimate of drug-likeness (QED) is 0.921. The van der Waals surface area contributed by atoms with Crippen molar-refractivity contribution in [1.29, 1.82) is 0 Å². The van der Waals surface area contributed by atoms with E-state index in [0.29, 0.717) is 0 Å². The second kappa shape index (κ2) is 5.92. The Bertz CT molecular complexity index is 621. The van der Waals surface area contributed by atoms with Gasteiger partial charge in [-0.15, -0.1) is 0 Å². The molecule has 1 aliphatic rings. The van der Waals surface area contributed by atoms with E-state index in [1.54, 1.807) is 0 Å². The number of rotatable bonds is 3. The largest absolute Gasteiger partial charge is 0.383 e. The molecule has 0 spiro atoms. The van der Waals surface area contributed by atoms with Gasteiger partial charge in [-0.1, -0.05) is 56.4 Å². The maximum atomic E-state index is 6.31. The highest BCUT2D eigenvalue weighted by atomic mass is 15.3. The van der Waals surface area contributed by atoms with Gasteiger partial charge in [0, 0.05) is 12.6 Å². The van der Waals surface area contributed by atoms with E-state index in [9.17, 15) is 0 Å². The van der Waals surface area contributed by atoms with Crippen LogP contribution in [-0.4, -0.2) is 9.78 Å². The topological polar surface area (TPSA) is 43.8 Å². The molecule has 2 N–H and O–H groups in total. The van der Waals surface area contributed by atoms with Crippen molar-refractivity contribution in [3.8, 4) is 11.1 Å². The molecule has 0 bridgehead atoms. The fraction of sp³-hybridized carbons (Fsp3) is 0.500. The molecule has 21 heavy (non-hydrogen) atoms. The van der Waals surface area contributed by atoms with Crippen LogP contribution in [0.5, 0.6) is 0 Å². The number of benzene rings is 1. The van der Waals surface area contributed by atoms with Crippen LogP contribution in [0.2, 0.25) is 0 Å². The molecule has 112 valence electrons. The van der Waals surface area contributed by atoms with Crippen molar-refractivity contribution in [3.63, 3.8) is 0 Å². The molecule has 3 heteroatoms. The minimum atomic E-state index is 0.774. The van der Waals surface area contributed by atoms with Crippen molar-refractivity contribution in [3.05, 3.63) is 35.5 Å². The summed E-state index contributed by atoms with van der Waals surface area (Å²) in [6.45, 7) is 2.15. The van der Waals surface area contributed by atoms with Gasteiger partial charge >= 0.3 is 0 Å². The van der Waals surface area contributed by atoms with E-state index in [1.807, 2.05) is 11.7 Å². The Kier molecular flexibility index (Phi) is 4.00. The molecule has 1 aromatic carbocycles. The van der Waals surface area contributed by atoms with Crippen molar-refractivity contribution < 1.29 is 0 Å². The van der Waals surface area contributed by atoms with E-state index < -0.39 is 0 Å². The first-order valence-corrected chi connectivity index (χ1v) is 8.04. The van der Waals surface area contributed by atoms with Gasteiger partial charge in [-0.25, -0.2) is 0 Å². The lowest BCUT2D eigenvalue weighted by atomic mass is 9.85. The normalized spacial score (nSPS) is 16.3. The maximum Gasteiger partial charge on any atom is 0.129 e. The second-order valence-corrected chi connectivity index (χ2v) is 6.35. The van der Waals surface area contributed by atoms with Crippen molar-refractivity contribution in [2.75, 3.05) is 5.73 Å². The van der Waals surface area contributed by atoms with Crippen molar-refractivity contribution >= 4 is 5.82 Å². The Morgan fingerprint density at radius 3 is 2.62 bits per heavy atom. The lowest BCUT2D eigenvalue weighted by molar-refractivity contribution is 0.354. The van der Waals surface area contributed by atoms with Gasteiger partial charge in [0.25, 0.3) is 0 Å². The summed E-state index contributed by atoms with van der Waals surface area (Å²) in [6, 6.07) is 8.46. The Balaban J connectivity index is 1.97. The molecule has 1 heterocycles. The number of aryl methyl sites for hydroxylation is 2. The molecule has 0 aliphatic heterocycles. The zero-order chi connectivity index (χ0) is 14.8. The summed E-state index contributed by atoms with van der Waals surface area (Å²) >= 11 is 0. The zero-order valence-corrected chi connectivity index (χ0v) is 13.1. The summed E-state index contributed by atoms with van der Waals surface area (Å²) in [5.41, 5.74) is 11.1. The minimum absolute atomic E-state index is 0.774. The van der Waals surface area contributed by atoms with E-state index in [0.717, 1.165) is 23.7 Å². The highest BCUT2D eigenvalue weighted by molar-refractivity contribution is 5.78. The van der Waals surface area contributed by atoms with E-state index in [2.05, 4.69) is 31.2 Å². The number of nitrogens with two attached hydrogens (primary N) is 1. The molecule has 2 aromatic rings. The third kappa shape index (κ3) is 2.82. The fourth-order valence-corrected chi connectivity index (χ4v) is 3.55. The van der Waals surface area contributed by atoms with Gasteiger partial charge in [-0.05, 0) is 30.4 Å². The van der Waals surface area contributed by atoms with Crippen LogP contribution in [0.1, 0.15) is 43.4 Å². The van der Waals surface area contributed by atoms with Crippen LogP contribution in [0, 0.1) is 12.8 Å². The number of anilines is 1. The third-order valence-corrected chi connectivity index (χ3v) is 4.79. The van der Waals surface area contributed by atoms with Crippen LogP contribution in [-0.2, 0) is 13.5 Å². The average molecular weight is 283 g/mol. The summed E-state index contributed by atoms with van der Waals surface area (Å²) in [6.07, 6.45) is 7.87. The first kappa shape index (κ1) is 14.2. The predicted molar refractivity (Wildman–Crippen MR) is 88.1 cm³/mol. The third-order valence-electron chi connectivity index (χ3n) is 4.79. The van der Waals surface area contributed by atoms with E-state index in [4.69, 9.17) is 10.8 Å². The van der Waals surface area contributed by atoms with E-state index in [-0.39, 0.29) is 0 Å². The molecule has 0 amide bonds. The Labute approximate surface area is 127 Å². The first-order valence-electron chi connectivity index (χ1n) is 8.04. The van der Waals surface area contributed by atoms with Gasteiger partial charge in [0.05, 0.1) is 5.69 Å². The van der Waals surface area contributed by atoms with Gasteiger partial charge in [0.1, 0.15) is 5.82 Å². The number of nitrogen functional groups attached to an aromatic ring is 1. The molecule has 1 saturated carbocycles. The lowest BCUT2D eigenvalue weighted by Crippen LogP contribution is -2.10. The van der Waals surface area contributed by atoms with Gasteiger partial charge in [-0.3, -0.25) is 4.68 Å². The van der Waals surface area contributed by atoms with Crippen LogP contribution in [0.15, 0.2) is 24.3 Å². The average Bonchev–Trinajstić information content (AvgIpc) is 2.76. The molecular weight excluding hydrogens is 258 g/mol. The highest BCUT2D eigenvalue weighted by Crippen LogP contribution is 2.35. The predicted octanol–water partition coefficient (Wildman–Crippen LogP) is 4.10. The molecule has 1 fully saturated rings. The van der Waals surface area contributed by atoms with Crippen LogP contribution in [0.4, 0.5) is 5.82 Å². The summed E-state index contributed by atoms with van der Waals surface area (Å²) in [5, 5.41) is 4.71. The molecule has 0 unspecified atom stereocenters. The first-order chi connectivity index (χ1) is 10.2. The molecular formula is C18H25N3. The summed E-state index contributed by atoms with van der Waals surface area (Å²) in [5.74, 6) is 1.56. The standard InChI is InChI=1S/C18H25N3/c1-13-8-6-7-11-15(13)17-16(20-21(2)18(17)19)12-14-9-4-3-5-10-14/h6-8,11,14H,3-5,9-10,12,19H2,1-2H3. The lowest BCUT2D eigenvalue weighted by Gasteiger charge is -2.21. The van der Waals surface area contributed by atoms with E-state index in [1.165, 1.54) is 48.9 Å². The van der Waals surface area contributed by atoms with Crippen LogP contribution in [0.3, 0.4) is 0 Å². The molecule has 0 saturated heterocycles. The molecule has 0 atom stereocenters. The van der Waals surface area contributed by atoms with Crippen molar-refractivity contribution in [1.82, 2.24) is 9.78 Å². The smallest absolute Gasteiger partial charge is 0.129 e. The minimum Gasteiger partial charge on any atom is -0.383 e. The highest BCUT2D eigenvalue weighted by Gasteiger charge is 2.21. The van der Waals surface area contributed by atoms with Crippen LogP contribution in [0.25, 0.3) is 11.1 Å². The van der Waals surface area contributed by atoms with Gasteiger partial charge in [-0.2, -0.15) is 5.10 Å². The van der Waals surface area contributed by atoms with Crippen molar-refractivity contribution in [2.45, 2.75) is 45.4 Å². The second-order valence-electron chi connectivity index (χ2n) is 6.35. The monoisotopic (exact) mass is 283 g/mol. The Morgan fingerprint density at radius 2 is 1.90 bits per heavy atom. The summed E-state index contributed by atoms with van der Waals surface area (Å²) in [4.78, 5) is 0. The summed E-state index contributed by atoms with van der Waals surface area (Å²) < 4.78 is 1.83. The van der Waals surface area contributed by atoms with Crippen LogP contribution >= 0.6 is 0 Å².